The van der Waals surface area contributed by atoms with Crippen LogP contribution in [0.15, 0.2) is 89.2 Å². The van der Waals surface area contributed by atoms with E-state index in [0.29, 0.717) is 23.0 Å². The van der Waals surface area contributed by atoms with Crippen molar-refractivity contribution in [3.63, 3.8) is 0 Å². The van der Waals surface area contributed by atoms with Gasteiger partial charge in [0.1, 0.15) is 5.76 Å². The number of carbonyl (C=O) groups is 2. The summed E-state index contributed by atoms with van der Waals surface area (Å²) in [6.45, 7) is 5.60. The van der Waals surface area contributed by atoms with Gasteiger partial charge in [-0.3, -0.25) is 14.5 Å². The van der Waals surface area contributed by atoms with Crippen molar-refractivity contribution in [2.45, 2.75) is 6.92 Å². The second-order valence-corrected chi connectivity index (χ2v) is 7.72. The first-order valence-corrected chi connectivity index (χ1v) is 10.6. The van der Waals surface area contributed by atoms with Gasteiger partial charge < -0.3 is 4.42 Å². The third-order valence-corrected chi connectivity index (χ3v) is 5.61. The van der Waals surface area contributed by atoms with Crippen LogP contribution in [0.4, 0.5) is 5.13 Å². The summed E-state index contributed by atoms with van der Waals surface area (Å²) in [5.74, 6) is 0.478. The number of rotatable bonds is 7. The normalized spacial score (nSPS) is 10.6. The number of furan rings is 1. The third-order valence-electron chi connectivity index (χ3n) is 4.74. The van der Waals surface area contributed by atoms with Gasteiger partial charge >= 0.3 is 0 Å². The van der Waals surface area contributed by atoms with E-state index >= 15 is 0 Å². The summed E-state index contributed by atoms with van der Waals surface area (Å²) in [6, 6.07) is 20.3. The molecule has 0 aliphatic rings. The Morgan fingerprint density at radius 2 is 1.77 bits per heavy atom. The van der Waals surface area contributed by atoms with Crippen molar-refractivity contribution in [3.8, 4) is 22.6 Å². The number of anilines is 1. The second kappa shape index (κ2) is 8.93. The molecule has 0 N–H and O–H groups in total. The quantitative estimate of drug-likeness (QED) is 0.263. The fourth-order valence-corrected chi connectivity index (χ4v) is 3.96. The van der Waals surface area contributed by atoms with Crippen molar-refractivity contribution in [1.29, 1.82) is 0 Å². The molecule has 0 bridgehead atoms. The van der Waals surface area contributed by atoms with E-state index in [1.54, 1.807) is 47.4 Å². The number of hydrogen-bond acceptors (Lipinski definition) is 5. The van der Waals surface area contributed by atoms with Crippen molar-refractivity contribution in [2.75, 3.05) is 11.4 Å². The van der Waals surface area contributed by atoms with E-state index in [1.165, 1.54) is 18.3 Å². The van der Waals surface area contributed by atoms with Crippen molar-refractivity contribution in [1.82, 2.24) is 4.98 Å². The van der Waals surface area contributed by atoms with Crippen LogP contribution in [0.1, 0.15) is 27.8 Å². The fourth-order valence-electron chi connectivity index (χ4n) is 3.12. The summed E-state index contributed by atoms with van der Waals surface area (Å²) in [5, 5.41) is 2.51. The number of Topliss-reactive ketones (excluding diaryl/α,β-unsaturated/α-hetero) is 1. The van der Waals surface area contributed by atoms with Crippen molar-refractivity contribution in [2.24, 2.45) is 0 Å². The van der Waals surface area contributed by atoms with Crippen molar-refractivity contribution in [3.05, 3.63) is 96.1 Å². The van der Waals surface area contributed by atoms with Gasteiger partial charge in [0.2, 0.25) is 0 Å². The Balaban J connectivity index is 1.59. The SMILES string of the molecule is C=CCN(C(=O)c1ccc(-c2ccc(C(C)=O)cc2)o1)c1nc(-c2ccccc2)cs1. The number of carbonyl (C=O) groups excluding carboxylic acids is 2. The molecule has 2 aromatic heterocycles. The zero-order valence-corrected chi connectivity index (χ0v) is 17.8. The first-order valence-electron chi connectivity index (χ1n) is 9.71. The number of nitrogens with zero attached hydrogens (tertiary/aromatic N) is 2. The highest BCUT2D eigenvalue weighted by Crippen LogP contribution is 2.29. The molecule has 0 fully saturated rings. The van der Waals surface area contributed by atoms with E-state index in [2.05, 4.69) is 11.6 Å². The van der Waals surface area contributed by atoms with Gasteiger partial charge in [-0.05, 0) is 19.1 Å². The van der Waals surface area contributed by atoms with Gasteiger partial charge in [-0.15, -0.1) is 17.9 Å². The second-order valence-electron chi connectivity index (χ2n) is 6.88. The Morgan fingerprint density at radius 3 is 2.45 bits per heavy atom. The summed E-state index contributed by atoms with van der Waals surface area (Å²) in [7, 11) is 0. The van der Waals surface area contributed by atoms with Gasteiger partial charge in [-0.1, -0.05) is 60.7 Å². The summed E-state index contributed by atoms with van der Waals surface area (Å²) in [4.78, 5) is 30.8. The molecular formula is C25H20N2O3S. The minimum absolute atomic E-state index is 0.000230. The van der Waals surface area contributed by atoms with Gasteiger partial charge in [-0.25, -0.2) is 4.98 Å². The lowest BCUT2D eigenvalue weighted by molar-refractivity contribution is 0.0963. The monoisotopic (exact) mass is 428 g/mol. The van der Waals surface area contributed by atoms with Crippen LogP contribution in [-0.4, -0.2) is 23.2 Å². The summed E-state index contributed by atoms with van der Waals surface area (Å²) >= 11 is 1.40. The van der Waals surface area contributed by atoms with Crippen LogP contribution in [-0.2, 0) is 0 Å². The molecule has 2 heterocycles. The van der Waals surface area contributed by atoms with Crippen LogP contribution >= 0.6 is 11.3 Å². The Kier molecular flexibility index (Phi) is 5.91. The standard InChI is InChI=1S/C25H20N2O3S/c1-3-15-27(25-26-21(16-31-25)19-7-5-4-6-8-19)24(29)23-14-13-22(30-23)20-11-9-18(10-12-20)17(2)28/h3-14,16H,1,15H2,2H3. The molecule has 1 amide bonds. The van der Waals surface area contributed by atoms with Gasteiger partial charge in [0.05, 0.1) is 5.69 Å². The summed E-state index contributed by atoms with van der Waals surface area (Å²) in [6.07, 6.45) is 1.66. The smallest absolute Gasteiger partial charge is 0.296 e. The Labute approximate surface area is 184 Å². The van der Waals surface area contributed by atoms with Crippen LogP contribution in [0.25, 0.3) is 22.6 Å². The Hall–Kier alpha value is -3.77. The van der Waals surface area contributed by atoms with Crippen LogP contribution in [0.5, 0.6) is 0 Å². The molecule has 0 saturated carbocycles. The molecule has 0 atom stereocenters. The number of thiazole rings is 1. The van der Waals surface area contributed by atoms with Crippen LogP contribution < -0.4 is 4.90 Å². The van der Waals surface area contributed by atoms with E-state index in [4.69, 9.17) is 4.42 Å². The van der Waals surface area contributed by atoms with Crippen LogP contribution in [0, 0.1) is 0 Å². The highest BCUT2D eigenvalue weighted by atomic mass is 32.1. The Bertz CT molecular complexity index is 1220. The molecule has 31 heavy (non-hydrogen) atoms. The maximum absolute atomic E-state index is 13.2. The molecule has 5 nitrogen and oxygen atoms in total. The molecule has 0 radical (unpaired) electrons. The van der Waals surface area contributed by atoms with Gasteiger partial charge in [0, 0.05) is 28.6 Å². The minimum atomic E-state index is -0.291. The molecule has 154 valence electrons. The molecule has 6 heteroatoms. The number of ketones is 1. The first kappa shape index (κ1) is 20.5. The molecule has 0 aliphatic heterocycles. The number of hydrogen-bond donors (Lipinski definition) is 0. The predicted molar refractivity (Wildman–Crippen MR) is 124 cm³/mol. The Morgan fingerprint density at radius 1 is 1.03 bits per heavy atom. The zero-order valence-electron chi connectivity index (χ0n) is 16.9. The number of amides is 1. The topological polar surface area (TPSA) is 63.4 Å². The number of benzene rings is 2. The molecule has 0 saturated heterocycles. The van der Waals surface area contributed by atoms with Crippen molar-refractivity contribution < 1.29 is 14.0 Å². The highest BCUT2D eigenvalue weighted by molar-refractivity contribution is 7.14. The lowest BCUT2D eigenvalue weighted by Crippen LogP contribution is -2.30. The van der Waals surface area contributed by atoms with E-state index in [1.807, 2.05) is 35.7 Å². The molecule has 2 aromatic carbocycles. The molecule has 0 unspecified atom stereocenters. The molecule has 4 rings (SSSR count). The average molecular weight is 429 g/mol. The molecule has 4 aromatic rings. The largest absolute Gasteiger partial charge is 0.451 e. The van der Waals surface area contributed by atoms with Gasteiger partial charge in [0.15, 0.2) is 16.7 Å². The summed E-state index contributed by atoms with van der Waals surface area (Å²) < 4.78 is 5.84. The van der Waals surface area contributed by atoms with Gasteiger partial charge in [-0.2, -0.15) is 0 Å². The maximum Gasteiger partial charge on any atom is 0.296 e. The van der Waals surface area contributed by atoms with E-state index in [0.717, 1.165) is 16.8 Å². The first-order chi connectivity index (χ1) is 15.1. The minimum Gasteiger partial charge on any atom is -0.451 e. The van der Waals surface area contributed by atoms with Crippen LogP contribution in [0.3, 0.4) is 0 Å². The lowest BCUT2D eigenvalue weighted by Gasteiger charge is -2.16. The highest BCUT2D eigenvalue weighted by Gasteiger charge is 2.23. The van der Waals surface area contributed by atoms with Crippen LogP contribution in [0.2, 0.25) is 0 Å². The average Bonchev–Trinajstić information content (AvgIpc) is 3.48. The molecule has 0 spiro atoms. The number of aromatic nitrogens is 1. The molecular weight excluding hydrogens is 408 g/mol. The fraction of sp³-hybridized carbons (Fsp3) is 0.0800. The zero-order chi connectivity index (χ0) is 21.8. The lowest BCUT2D eigenvalue weighted by atomic mass is 10.1. The van der Waals surface area contributed by atoms with E-state index in [-0.39, 0.29) is 17.5 Å². The predicted octanol–water partition coefficient (Wildman–Crippen LogP) is 6.11. The molecule has 0 aliphatic carbocycles. The maximum atomic E-state index is 13.2. The van der Waals surface area contributed by atoms with Gasteiger partial charge in [0.25, 0.3) is 5.91 Å². The summed E-state index contributed by atoms with van der Waals surface area (Å²) in [5.41, 5.74) is 3.22. The van der Waals surface area contributed by atoms with E-state index < -0.39 is 0 Å². The van der Waals surface area contributed by atoms with E-state index in [9.17, 15) is 9.59 Å². The third kappa shape index (κ3) is 4.39. The van der Waals surface area contributed by atoms with Crippen molar-refractivity contribution >= 4 is 28.2 Å².